The van der Waals surface area contributed by atoms with Crippen molar-refractivity contribution in [3.63, 3.8) is 0 Å². The zero-order chi connectivity index (χ0) is 14.5. The molecule has 1 fully saturated rings. The molecule has 1 aromatic rings. The molecule has 1 aromatic carbocycles. The number of anilines is 2. The minimum absolute atomic E-state index is 0.190. The lowest BCUT2D eigenvalue weighted by Gasteiger charge is -2.14. The first kappa shape index (κ1) is 14.8. The van der Waals surface area contributed by atoms with Gasteiger partial charge in [0.1, 0.15) is 0 Å². The van der Waals surface area contributed by atoms with Gasteiger partial charge in [-0.3, -0.25) is 0 Å². The highest BCUT2D eigenvalue weighted by molar-refractivity contribution is 5.68. The molecule has 0 aromatic heterocycles. The quantitative estimate of drug-likeness (QED) is 0.778. The molecule has 0 aliphatic heterocycles. The molecule has 0 saturated heterocycles. The number of nitrogen functional groups attached to an aromatic ring is 1. The molecule has 0 bridgehead atoms. The molecule has 1 aliphatic carbocycles. The lowest BCUT2D eigenvalue weighted by molar-refractivity contribution is -0.0521. The van der Waals surface area contributed by atoms with Crippen LogP contribution in [-0.4, -0.2) is 13.2 Å². The van der Waals surface area contributed by atoms with E-state index in [1.165, 1.54) is 31.7 Å². The molecule has 0 spiro atoms. The molecular formula is C14H19F3N2O. The van der Waals surface area contributed by atoms with Crippen LogP contribution in [0.3, 0.4) is 0 Å². The van der Waals surface area contributed by atoms with E-state index in [4.69, 9.17) is 5.73 Å². The number of benzene rings is 1. The largest absolute Gasteiger partial charge is 0.432 e. The summed E-state index contributed by atoms with van der Waals surface area (Å²) in [5, 5.41) is 3.06. The molecule has 0 unspecified atom stereocenters. The van der Waals surface area contributed by atoms with Gasteiger partial charge in [0, 0.05) is 18.7 Å². The Bertz CT molecular complexity index is 448. The molecule has 3 nitrogen and oxygen atoms in total. The van der Waals surface area contributed by atoms with E-state index in [-0.39, 0.29) is 5.69 Å². The summed E-state index contributed by atoms with van der Waals surface area (Å²) in [6, 6.07) is 2.18. The molecule has 112 valence electrons. The van der Waals surface area contributed by atoms with E-state index in [9.17, 15) is 13.2 Å². The fourth-order valence-corrected chi connectivity index (χ4v) is 2.62. The van der Waals surface area contributed by atoms with Gasteiger partial charge in [-0.05, 0) is 12.3 Å². The number of hydrogen-bond acceptors (Lipinski definition) is 3. The molecule has 2 rings (SSSR count). The Balaban J connectivity index is 1.95. The van der Waals surface area contributed by atoms with Crippen LogP contribution in [-0.2, 0) is 0 Å². The summed E-state index contributed by atoms with van der Waals surface area (Å²) in [6.45, 7) is -2.37. The molecule has 6 heteroatoms. The molecule has 0 heterocycles. The van der Waals surface area contributed by atoms with Crippen LogP contribution in [0, 0.1) is 11.7 Å². The van der Waals surface area contributed by atoms with Crippen molar-refractivity contribution >= 4 is 11.4 Å². The van der Waals surface area contributed by atoms with Crippen molar-refractivity contribution in [2.24, 2.45) is 5.92 Å². The second-order valence-corrected chi connectivity index (χ2v) is 5.11. The van der Waals surface area contributed by atoms with Gasteiger partial charge in [0.25, 0.3) is 0 Å². The summed E-state index contributed by atoms with van der Waals surface area (Å²) in [7, 11) is 0. The minimum atomic E-state index is -3.06. The normalized spacial score (nSPS) is 15.8. The molecule has 1 aliphatic rings. The third-order valence-corrected chi connectivity index (χ3v) is 3.66. The number of rotatable bonds is 6. The standard InChI is InChI=1S/C14H19F3N2O/c15-10-7-11(18)12(8-13(10)20-14(16)17)19-6-5-9-3-1-2-4-9/h7-9,14,19H,1-6,18H2. The Kier molecular flexibility index (Phi) is 4.98. The highest BCUT2D eigenvalue weighted by Gasteiger charge is 2.16. The van der Waals surface area contributed by atoms with E-state index >= 15 is 0 Å². The Morgan fingerprint density at radius 3 is 2.65 bits per heavy atom. The predicted molar refractivity (Wildman–Crippen MR) is 72.5 cm³/mol. The molecule has 0 amide bonds. The first-order chi connectivity index (χ1) is 9.56. The number of hydrogen-bond donors (Lipinski definition) is 2. The smallest absolute Gasteiger partial charge is 0.387 e. The molecule has 20 heavy (non-hydrogen) atoms. The van der Waals surface area contributed by atoms with Gasteiger partial charge in [0.15, 0.2) is 11.6 Å². The lowest BCUT2D eigenvalue weighted by atomic mass is 10.0. The predicted octanol–water partition coefficient (Wildman–Crippen LogP) is 4.00. The Morgan fingerprint density at radius 1 is 1.30 bits per heavy atom. The fourth-order valence-electron chi connectivity index (χ4n) is 2.62. The summed E-state index contributed by atoms with van der Waals surface area (Å²) in [4.78, 5) is 0. The van der Waals surface area contributed by atoms with Crippen LogP contribution < -0.4 is 15.8 Å². The minimum Gasteiger partial charge on any atom is -0.432 e. The van der Waals surface area contributed by atoms with Gasteiger partial charge < -0.3 is 15.8 Å². The zero-order valence-electron chi connectivity index (χ0n) is 11.2. The van der Waals surface area contributed by atoms with Crippen molar-refractivity contribution < 1.29 is 17.9 Å². The Hall–Kier alpha value is -1.59. The van der Waals surface area contributed by atoms with E-state index < -0.39 is 18.2 Å². The molecule has 0 radical (unpaired) electrons. The average molecular weight is 288 g/mol. The lowest BCUT2D eigenvalue weighted by Crippen LogP contribution is -2.10. The van der Waals surface area contributed by atoms with E-state index in [0.717, 1.165) is 12.5 Å². The average Bonchev–Trinajstić information content (AvgIpc) is 2.87. The van der Waals surface area contributed by atoms with Crippen molar-refractivity contribution in [2.75, 3.05) is 17.6 Å². The van der Waals surface area contributed by atoms with E-state index in [0.29, 0.717) is 18.2 Å². The number of halogens is 3. The number of ether oxygens (including phenoxy) is 1. The number of alkyl halides is 2. The van der Waals surface area contributed by atoms with Crippen molar-refractivity contribution in [1.29, 1.82) is 0 Å². The number of nitrogens with two attached hydrogens (primary N) is 1. The number of nitrogens with one attached hydrogen (secondary N) is 1. The highest BCUT2D eigenvalue weighted by atomic mass is 19.3. The topological polar surface area (TPSA) is 47.3 Å². The maximum atomic E-state index is 13.4. The van der Waals surface area contributed by atoms with Crippen molar-refractivity contribution in [1.82, 2.24) is 0 Å². The van der Waals surface area contributed by atoms with Crippen LogP contribution in [0.5, 0.6) is 5.75 Å². The van der Waals surface area contributed by atoms with E-state index in [1.54, 1.807) is 0 Å². The van der Waals surface area contributed by atoms with Gasteiger partial charge >= 0.3 is 6.61 Å². The molecular weight excluding hydrogens is 269 g/mol. The summed E-state index contributed by atoms with van der Waals surface area (Å²) in [5.74, 6) is -0.664. The van der Waals surface area contributed by atoms with Gasteiger partial charge in [-0.1, -0.05) is 25.7 Å². The van der Waals surface area contributed by atoms with E-state index in [1.807, 2.05) is 0 Å². The first-order valence-electron chi connectivity index (χ1n) is 6.84. The second-order valence-electron chi connectivity index (χ2n) is 5.11. The molecule has 1 saturated carbocycles. The highest BCUT2D eigenvalue weighted by Crippen LogP contribution is 2.31. The maximum Gasteiger partial charge on any atom is 0.387 e. The van der Waals surface area contributed by atoms with Crippen LogP contribution in [0.4, 0.5) is 24.5 Å². The van der Waals surface area contributed by atoms with E-state index in [2.05, 4.69) is 10.1 Å². The van der Waals surface area contributed by atoms with Crippen molar-refractivity contribution in [3.8, 4) is 5.75 Å². The van der Waals surface area contributed by atoms with Crippen molar-refractivity contribution in [3.05, 3.63) is 17.9 Å². The summed E-state index contributed by atoms with van der Waals surface area (Å²) in [6.07, 6.45) is 6.02. The maximum absolute atomic E-state index is 13.4. The van der Waals surface area contributed by atoms with Crippen LogP contribution in [0.25, 0.3) is 0 Å². The molecule has 3 N–H and O–H groups in total. The zero-order valence-corrected chi connectivity index (χ0v) is 11.2. The van der Waals surface area contributed by atoms with Crippen LogP contribution in [0.1, 0.15) is 32.1 Å². The summed E-state index contributed by atoms with van der Waals surface area (Å²) < 4.78 is 41.8. The monoisotopic (exact) mass is 288 g/mol. The van der Waals surface area contributed by atoms with Crippen LogP contribution in [0.15, 0.2) is 12.1 Å². The third kappa shape index (κ3) is 3.95. The van der Waals surface area contributed by atoms with Gasteiger partial charge in [-0.2, -0.15) is 8.78 Å². The van der Waals surface area contributed by atoms with Crippen LogP contribution in [0.2, 0.25) is 0 Å². The Morgan fingerprint density at radius 2 is 2.00 bits per heavy atom. The van der Waals surface area contributed by atoms with Crippen LogP contribution >= 0.6 is 0 Å². The van der Waals surface area contributed by atoms with Gasteiger partial charge in [0.05, 0.1) is 11.4 Å². The Labute approximate surface area is 116 Å². The summed E-state index contributed by atoms with van der Waals surface area (Å²) in [5.41, 5.74) is 6.29. The van der Waals surface area contributed by atoms with Gasteiger partial charge in [0.2, 0.25) is 0 Å². The third-order valence-electron chi connectivity index (χ3n) is 3.66. The second kappa shape index (κ2) is 6.72. The van der Waals surface area contributed by atoms with Gasteiger partial charge in [-0.15, -0.1) is 0 Å². The van der Waals surface area contributed by atoms with Crippen molar-refractivity contribution in [2.45, 2.75) is 38.7 Å². The first-order valence-corrected chi connectivity index (χ1v) is 6.84. The SMILES string of the molecule is Nc1cc(F)c(OC(F)F)cc1NCCC1CCCC1. The fraction of sp³-hybridized carbons (Fsp3) is 0.571. The summed E-state index contributed by atoms with van der Waals surface area (Å²) >= 11 is 0. The molecule has 0 atom stereocenters. The van der Waals surface area contributed by atoms with Gasteiger partial charge in [-0.25, -0.2) is 4.39 Å².